The normalized spacial score (nSPS) is 16.4. The van der Waals surface area contributed by atoms with Crippen LogP contribution >= 0.6 is 11.3 Å². The molecule has 1 aliphatic rings. The third-order valence-electron chi connectivity index (χ3n) is 4.98. The molecule has 2 aromatic heterocycles. The fraction of sp³-hybridized carbons (Fsp3) is 0.381. The summed E-state index contributed by atoms with van der Waals surface area (Å²) < 4.78 is 19.1. The lowest BCUT2D eigenvalue weighted by Crippen LogP contribution is -2.30. The maximum Gasteiger partial charge on any atom is 0.266 e. The Morgan fingerprint density at radius 1 is 1.38 bits per heavy atom. The second-order valence-corrected chi connectivity index (χ2v) is 8.09. The molecule has 0 unspecified atom stereocenters. The Hall–Kier alpha value is -2.74. The van der Waals surface area contributed by atoms with Crippen molar-refractivity contribution in [2.45, 2.75) is 39.2 Å². The minimum absolute atomic E-state index is 0.0232. The zero-order valence-electron chi connectivity index (χ0n) is 16.4. The van der Waals surface area contributed by atoms with E-state index in [1.54, 1.807) is 18.3 Å². The van der Waals surface area contributed by atoms with Crippen molar-refractivity contribution in [3.05, 3.63) is 64.1 Å². The van der Waals surface area contributed by atoms with E-state index in [4.69, 9.17) is 4.42 Å². The first kappa shape index (κ1) is 19.6. The van der Waals surface area contributed by atoms with Crippen LogP contribution in [0.4, 0.5) is 9.52 Å². The number of thiazole rings is 1. The van der Waals surface area contributed by atoms with Gasteiger partial charge in [0.25, 0.3) is 5.91 Å². The minimum Gasteiger partial charge on any atom is -0.443 e. The molecule has 3 aromatic rings. The van der Waals surface area contributed by atoms with Crippen LogP contribution in [0, 0.1) is 12.7 Å². The van der Waals surface area contributed by atoms with Crippen molar-refractivity contribution in [1.29, 1.82) is 0 Å². The van der Waals surface area contributed by atoms with Gasteiger partial charge in [0.2, 0.25) is 5.89 Å². The van der Waals surface area contributed by atoms with Crippen molar-refractivity contribution in [1.82, 2.24) is 14.9 Å². The summed E-state index contributed by atoms with van der Waals surface area (Å²) in [6.45, 7) is 5.30. The SMILES string of the molecule is CCNc1nc(C)c(C(=O)N2CCC[C@@H]2c2ncc(Cc3ccc(F)cc3)o2)s1. The third-order valence-corrected chi connectivity index (χ3v) is 6.08. The van der Waals surface area contributed by atoms with Crippen molar-refractivity contribution in [2.24, 2.45) is 0 Å². The number of hydrogen-bond acceptors (Lipinski definition) is 6. The summed E-state index contributed by atoms with van der Waals surface area (Å²) in [6, 6.07) is 6.16. The number of rotatable bonds is 6. The van der Waals surface area contributed by atoms with E-state index in [1.165, 1.54) is 23.5 Å². The van der Waals surface area contributed by atoms with Crippen molar-refractivity contribution in [2.75, 3.05) is 18.4 Å². The zero-order valence-corrected chi connectivity index (χ0v) is 17.3. The molecule has 1 saturated heterocycles. The first-order valence-electron chi connectivity index (χ1n) is 9.76. The highest BCUT2D eigenvalue weighted by Crippen LogP contribution is 2.35. The lowest BCUT2D eigenvalue weighted by Gasteiger charge is -2.21. The smallest absolute Gasteiger partial charge is 0.266 e. The van der Waals surface area contributed by atoms with Gasteiger partial charge in [-0.3, -0.25) is 4.79 Å². The molecule has 1 amide bonds. The van der Waals surface area contributed by atoms with E-state index in [2.05, 4.69) is 15.3 Å². The molecule has 6 nitrogen and oxygen atoms in total. The number of halogens is 1. The second-order valence-electron chi connectivity index (χ2n) is 7.09. The van der Waals surface area contributed by atoms with E-state index in [-0.39, 0.29) is 17.8 Å². The number of oxazole rings is 1. The van der Waals surface area contributed by atoms with Gasteiger partial charge in [-0.1, -0.05) is 23.5 Å². The Morgan fingerprint density at radius 2 is 2.17 bits per heavy atom. The van der Waals surface area contributed by atoms with E-state index in [9.17, 15) is 9.18 Å². The first-order valence-corrected chi connectivity index (χ1v) is 10.6. The Bertz CT molecular complexity index is 999. The Morgan fingerprint density at radius 3 is 2.93 bits per heavy atom. The number of nitrogens with zero attached hydrogens (tertiary/aromatic N) is 3. The van der Waals surface area contributed by atoms with E-state index in [0.29, 0.717) is 29.5 Å². The molecule has 0 aliphatic carbocycles. The maximum absolute atomic E-state index is 13.2. The summed E-state index contributed by atoms with van der Waals surface area (Å²) in [5.41, 5.74) is 1.69. The van der Waals surface area contributed by atoms with Gasteiger partial charge in [0.1, 0.15) is 22.5 Å². The number of aromatic nitrogens is 2. The van der Waals surface area contributed by atoms with Gasteiger partial charge >= 0.3 is 0 Å². The van der Waals surface area contributed by atoms with Crippen molar-refractivity contribution in [3.8, 4) is 0 Å². The highest BCUT2D eigenvalue weighted by atomic mass is 32.1. The van der Waals surface area contributed by atoms with Gasteiger partial charge in [-0.25, -0.2) is 14.4 Å². The van der Waals surface area contributed by atoms with E-state index >= 15 is 0 Å². The largest absolute Gasteiger partial charge is 0.443 e. The number of carbonyl (C=O) groups excluding carboxylic acids is 1. The predicted molar refractivity (Wildman–Crippen MR) is 110 cm³/mol. The summed E-state index contributed by atoms with van der Waals surface area (Å²) in [5, 5.41) is 3.93. The number of amides is 1. The van der Waals surface area contributed by atoms with Gasteiger partial charge in [0, 0.05) is 19.5 Å². The molecule has 1 N–H and O–H groups in total. The molecule has 0 spiro atoms. The molecule has 1 aliphatic heterocycles. The van der Waals surface area contributed by atoms with Crippen LogP contribution in [0.1, 0.15) is 58.4 Å². The van der Waals surface area contributed by atoms with Crippen LogP contribution < -0.4 is 5.32 Å². The van der Waals surface area contributed by atoms with Gasteiger partial charge in [-0.15, -0.1) is 0 Å². The number of likely N-dealkylation sites (tertiary alicyclic amines) is 1. The molecule has 8 heteroatoms. The lowest BCUT2D eigenvalue weighted by atomic mass is 10.1. The quantitative estimate of drug-likeness (QED) is 0.639. The average molecular weight is 415 g/mol. The molecule has 0 saturated carbocycles. The standard InChI is InChI=1S/C21H23FN4O2S/c1-3-23-21-25-13(2)18(29-21)20(27)26-10-4-5-17(26)19-24-12-16(28-19)11-14-6-8-15(22)9-7-14/h6-9,12,17H,3-5,10-11H2,1-2H3,(H,23,25)/t17-/m1/s1. The summed E-state index contributed by atoms with van der Waals surface area (Å²) in [7, 11) is 0. The molecule has 0 bridgehead atoms. The van der Waals surface area contributed by atoms with Gasteiger partial charge in [-0.05, 0) is 44.4 Å². The maximum atomic E-state index is 13.2. The second kappa shape index (κ2) is 8.32. The number of nitrogens with one attached hydrogen (secondary N) is 1. The van der Waals surface area contributed by atoms with Crippen LogP contribution in [0.3, 0.4) is 0 Å². The number of benzene rings is 1. The van der Waals surface area contributed by atoms with E-state index in [1.807, 2.05) is 18.7 Å². The van der Waals surface area contributed by atoms with Crippen LogP contribution in [0.5, 0.6) is 0 Å². The van der Waals surface area contributed by atoms with Crippen LogP contribution in [-0.4, -0.2) is 33.9 Å². The Kier molecular flexibility index (Phi) is 5.62. The molecule has 3 heterocycles. The Labute approximate surface area is 172 Å². The number of anilines is 1. The molecule has 4 rings (SSSR count). The van der Waals surface area contributed by atoms with E-state index < -0.39 is 0 Å². The van der Waals surface area contributed by atoms with E-state index in [0.717, 1.165) is 35.8 Å². The summed E-state index contributed by atoms with van der Waals surface area (Å²) in [4.78, 5) is 24.5. The number of aryl methyl sites for hydroxylation is 1. The minimum atomic E-state index is -0.261. The van der Waals surface area contributed by atoms with Gasteiger partial charge in [0.05, 0.1) is 11.9 Å². The zero-order chi connectivity index (χ0) is 20.4. The molecular formula is C21H23FN4O2S. The lowest BCUT2D eigenvalue weighted by molar-refractivity contribution is 0.0718. The first-order chi connectivity index (χ1) is 14.0. The molecule has 0 radical (unpaired) electrons. The van der Waals surface area contributed by atoms with Gasteiger partial charge < -0.3 is 14.6 Å². The Balaban J connectivity index is 1.50. The fourth-order valence-electron chi connectivity index (χ4n) is 3.58. The van der Waals surface area contributed by atoms with Crippen molar-refractivity contribution >= 4 is 22.4 Å². The monoisotopic (exact) mass is 414 g/mol. The van der Waals surface area contributed by atoms with Gasteiger partial charge in [0.15, 0.2) is 5.13 Å². The molecule has 29 heavy (non-hydrogen) atoms. The topological polar surface area (TPSA) is 71.3 Å². The predicted octanol–water partition coefficient (Wildman–Crippen LogP) is 4.58. The fourth-order valence-corrected chi connectivity index (χ4v) is 4.57. The van der Waals surface area contributed by atoms with Crippen molar-refractivity contribution < 1.29 is 13.6 Å². The number of hydrogen-bond donors (Lipinski definition) is 1. The van der Waals surface area contributed by atoms with Crippen LogP contribution in [0.15, 0.2) is 34.9 Å². The highest BCUT2D eigenvalue weighted by molar-refractivity contribution is 7.17. The summed E-state index contributed by atoms with van der Waals surface area (Å²) in [5.74, 6) is 0.976. The van der Waals surface area contributed by atoms with Crippen LogP contribution in [-0.2, 0) is 6.42 Å². The van der Waals surface area contributed by atoms with Crippen molar-refractivity contribution in [3.63, 3.8) is 0 Å². The molecule has 1 atom stereocenters. The molecular weight excluding hydrogens is 391 g/mol. The molecule has 1 fully saturated rings. The average Bonchev–Trinajstić information content (AvgIpc) is 3.43. The molecule has 152 valence electrons. The summed E-state index contributed by atoms with van der Waals surface area (Å²) in [6.07, 6.45) is 3.96. The van der Waals surface area contributed by atoms with Crippen LogP contribution in [0.25, 0.3) is 0 Å². The van der Waals surface area contributed by atoms with Gasteiger partial charge in [-0.2, -0.15) is 0 Å². The van der Waals surface area contributed by atoms with Crippen LogP contribution in [0.2, 0.25) is 0 Å². The third kappa shape index (κ3) is 4.17. The summed E-state index contributed by atoms with van der Waals surface area (Å²) >= 11 is 1.39. The highest BCUT2D eigenvalue weighted by Gasteiger charge is 2.35. The molecule has 1 aromatic carbocycles. The number of carbonyl (C=O) groups is 1.